The van der Waals surface area contributed by atoms with Crippen molar-refractivity contribution >= 4 is 23.7 Å². The number of ketones is 1. The quantitative estimate of drug-likeness (QED) is 0.588. The number of hydrogen-bond acceptors (Lipinski definition) is 6. The zero-order chi connectivity index (χ0) is 19.9. The Kier molecular flexibility index (Phi) is 7.30. The van der Waals surface area contributed by atoms with E-state index in [0.29, 0.717) is 11.3 Å². The van der Waals surface area contributed by atoms with E-state index in [2.05, 4.69) is 10.6 Å². The minimum absolute atomic E-state index is 0.0775. The first-order chi connectivity index (χ1) is 12.0. The predicted octanol–water partition coefficient (Wildman–Crippen LogP) is 1.82. The van der Waals surface area contributed by atoms with Crippen molar-refractivity contribution in [3.63, 3.8) is 0 Å². The molecule has 0 saturated heterocycles. The van der Waals surface area contributed by atoms with Gasteiger partial charge < -0.3 is 14.8 Å². The predicted molar refractivity (Wildman–Crippen MR) is 93.9 cm³/mol. The van der Waals surface area contributed by atoms with Crippen LogP contribution in [0.2, 0.25) is 0 Å². The van der Waals surface area contributed by atoms with Gasteiger partial charge in [-0.15, -0.1) is 0 Å². The van der Waals surface area contributed by atoms with E-state index in [4.69, 9.17) is 9.47 Å². The molecule has 1 atom stereocenters. The molecule has 8 heteroatoms. The normalized spacial score (nSPS) is 11.9. The Balaban J connectivity index is 2.42. The largest absolute Gasteiger partial charge is 0.482 e. The summed E-state index contributed by atoms with van der Waals surface area (Å²) in [5.41, 5.74) is 0.0227. The van der Waals surface area contributed by atoms with Gasteiger partial charge in [0.25, 0.3) is 5.91 Å². The number of nitrogens with one attached hydrogen (secondary N) is 2. The smallest absolute Gasteiger partial charge is 0.344 e. The number of carbonyl (C=O) groups excluding carboxylic acids is 4. The topological polar surface area (TPSA) is 111 Å². The first-order valence-electron chi connectivity index (χ1n) is 8.04. The molecule has 142 valence electrons. The lowest BCUT2D eigenvalue weighted by molar-refractivity contribution is -0.156. The molecule has 0 bridgehead atoms. The average Bonchev–Trinajstić information content (AvgIpc) is 2.51. The van der Waals surface area contributed by atoms with Gasteiger partial charge in [0, 0.05) is 11.1 Å². The SMILES string of the molecule is CC(=O)c1ccc(OCC(=O)OC(C)C(=O)NC(=O)NC(C)(C)C)cc1. The summed E-state index contributed by atoms with van der Waals surface area (Å²) in [7, 11) is 0. The lowest BCUT2D eigenvalue weighted by Crippen LogP contribution is -2.50. The van der Waals surface area contributed by atoms with E-state index in [0.717, 1.165) is 0 Å². The van der Waals surface area contributed by atoms with Crippen molar-refractivity contribution in [2.75, 3.05) is 6.61 Å². The van der Waals surface area contributed by atoms with Crippen LogP contribution in [0.4, 0.5) is 4.79 Å². The summed E-state index contributed by atoms with van der Waals surface area (Å²) < 4.78 is 10.2. The maximum atomic E-state index is 11.8. The van der Waals surface area contributed by atoms with Crippen molar-refractivity contribution in [1.29, 1.82) is 0 Å². The Morgan fingerprint density at radius 2 is 1.65 bits per heavy atom. The third-order valence-electron chi connectivity index (χ3n) is 3.02. The molecule has 1 unspecified atom stereocenters. The van der Waals surface area contributed by atoms with E-state index in [-0.39, 0.29) is 5.78 Å². The molecule has 0 heterocycles. The van der Waals surface area contributed by atoms with Crippen LogP contribution in [0.5, 0.6) is 5.75 Å². The molecule has 26 heavy (non-hydrogen) atoms. The van der Waals surface area contributed by atoms with E-state index in [9.17, 15) is 19.2 Å². The number of imide groups is 1. The van der Waals surface area contributed by atoms with Crippen molar-refractivity contribution in [2.24, 2.45) is 0 Å². The van der Waals surface area contributed by atoms with Gasteiger partial charge in [-0.1, -0.05) is 0 Å². The van der Waals surface area contributed by atoms with Crippen LogP contribution >= 0.6 is 0 Å². The van der Waals surface area contributed by atoms with Crippen LogP contribution in [0.1, 0.15) is 45.0 Å². The van der Waals surface area contributed by atoms with E-state index < -0.39 is 36.2 Å². The fraction of sp³-hybridized carbons (Fsp3) is 0.444. The zero-order valence-electron chi connectivity index (χ0n) is 15.5. The molecule has 1 aromatic carbocycles. The molecule has 2 N–H and O–H groups in total. The zero-order valence-corrected chi connectivity index (χ0v) is 15.5. The summed E-state index contributed by atoms with van der Waals surface area (Å²) in [5.74, 6) is -1.20. The number of Topliss-reactive ketones (excluding diaryl/α,β-unsaturated/α-hetero) is 1. The number of rotatable bonds is 6. The highest BCUT2D eigenvalue weighted by molar-refractivity contribution is 5.97. The third kappa shape index (κ3) is 7.78. The lowest BCUT2D eigenvalue weighted by Gasteiger charge is -2.21. The van der Waals surface area contributed by atoms with Crippen LogP contribution < -0.4 is 15.4 Å². The minimum Gasteiger partial charge on any atom is -0.482 e. The summed E-state index contributed by atoms with van der Waals surface area (Å²) >= 11 is 0. The summed E-state index contributed by atoms with van der Waals surface area (Å²) in [4.78, 5) is 46.4. The first-order valence-corrected chi connectivity index (χ1v) is 8.04. The van der Waals surface area contributed by atoms with Crippen LogP contribution in [0.25, 0.3) is 0 Å². The molecule has 0 aromatic heterocycles. The molecule has 1 rings (SSSR count). The summed E-state index contributed by atoms with van der Waals surface area (Å²) in [6.45, 7) is 7.67. The van der Waals surface area contributed by atoms with E-state index >= 15 is 0 Å². The fourth-order valence-electron chi connectivity index (χ4n) is 1.80. The Morgan fingerprint density at radius 3 is 2.15 bits per heavy atom. The Hall–Kier alpha value is -2.90. The molecule has 0 aliphatic carbocycles. The van der Waals surface area contributed by atoms with Crippen molar-refractivity contribution in [3.8, 4) is 5.75 Å². The second-order valence-corrected chi connectivity index (χ2v) is 6.69. The number of esters is 1. The molecule has 0 saturated carbocycles. The van der Waals surface area contributed by atoms with Crippen molar-refractivity contribution in [1.82, 2.24) is 10.6 Å². The van der Waals surface area contributed by atoms with Gasteiger partial charge in [-0.05, 0) is 58.9 Å². The van der Waals surface area contributed by atoms with Gasteiger partial charge in [0.05, 0.1) is 0 Å². The number of amides is 3. The monoisotopic (exact) mass is 364 g/mol. The van der Waals surface area contributed by atoms with E-state index in [1.54, 1.807) is 45.0 Å². The van der Waals surface area contributed by atoms with Gasteiger partial charge >= 0.3 is 12.0 Å². The van der Waals surface area contributed by atoms with Crippen LogP contribution in [-0.4, -0.2) is 41.9 Å². The van der Waals surface area contributed by atoms with E-state index in [1.807, 2.05) is 0 Å². The number of benzene rings is 1. The molecule has 0 aliphatic rings. The van der Waals surface area contributed by atoms with Crippen LogP contribution in [0.3, 0.4) is 0 Å². The van der Waals surface area contributed by atoms with Crippen molar-refractivity contribution in [3.05, 3.63) is 29.8 Å². The summed E-state index contributed by atoms with van der Waals surface area (Å²) in [6, 6.07) is 5.58. The van der Waals surface area contributed by atoms with Crippen LogP contribution in [0, 0.1) is 0 Å². The lowest BCUT2D eigenvalue weighted by atomic mass is 10.1. The Bertz CT molecular complexity index is 676. The second kappa shape index (κ2) is 8.98. The maximum Gasteiger partial charge on any atom is 0.344 e. The minimum atomic E-state index is -1.16. The molecule has 0 radical (unpaired) electrons. The number of carbonyl (C=O) groups is 4. The molecule has 1 aromatic rings. The molecule has 0 fully saturated rings. The Labute approximate surface area is 152 Å². The van der Waals surface area contributed by atoms with Gasteiger partial charge in [0.15, 0.2) is 18.5 Å². The number of urea groups is 1. The highest BCUT2D eigenvalue weighted by Crippen LogP contribution is 2.12. The molecule has 3 amide bonds. The van der Waals surface area contributed by atoms with Crippen LogP contribution in [0.15, 0.2) is 24.3 Å². The number of ether oxygens (including phenoxy) is 2. The standard InChI is InChI=1S/C18H24N2O6/c1-11(21)13-6-8-14(9-7-13)25-10-15(22)26-12(2)16(23)19-17(24)20-18(3,4)5/h6-9,12H,10H2,1-5H3,(H2,19,20,23,24). The first kappa shape index (κ1) is 21.1. The molecular weight excluding hydrogens is 340 g/mol. The van der Waals surface area contributed by atoms with Crippen molar-refractivity contribution in [2.45, 2.75) is 46.3 Å². The highest BCUT2D eigenvalue weighted by Gasteiger charge is 2.22. The van der Waals surface area contributed by atoms with Gasteiger partial charge in [0.2, 0.25) is 0 Å². The van der Waals surface area contributed by atoms with Gasteiger partial charge in [-0.3, -0.25) is 14.9 Å². The molecule has 0 spiro atoms. The fourth-order valence-corrected chi connectivity index (χ4v) is 1.80. The molecule has 8 nitrogen and oxygen atoms in total. The molecular formula is C18H24N2O6. The van der Waals surface area contributed by atoms with Gasteiger partial charge in [-0.25, -0.2) is 9.59 Å². The molecule has 0 aliphatic heterocycles. The third-order valence-corrected chi connectivity index (χ3v) is 3.02. The second-order valence-electron chi connectivity index (χ2n) is 6.69. The number of hydrogen-bond donors (Lipinski definition) is 2. The Morgan fingerprint density at radius 1 is 1.08 bits per heavy atom. The summed E-state index contributed by atoms with van der Waals surface area (Å²) in [6.07, 6.45) is -1.16. The van der Waals surface area contributed by atoms with Gasteiger partial charge in [-0.2, -0.15) is 0 Å². The highest BCUT2D eigenvalue weighted by atomic mass is 16.6. The van der Waals surface area contributed by atoms with Crippen molar-refractivity contribution < 1.29 is 28.7 Å². The van der Waals surface area contributed by atoms with E-state index in [1.165, 1.54) is 13.8 Å². The maximum absolute atomic E-state index is 11.8. The average molecular weight is 364 g/mol. The van der Waals surface area contributed by atoms with Crippen LogP contribution in [-0.2, 0) is 14.3 Å². The van der Waals surface area contributed by atoms with Gasteiger partial charge in [0.1, 0.15) is 5.75 Å². The summed E-state index contributed by atoms with van der Waals surface area (Å²) in [5, 5.41) is 4.65.